The third-order valence-corrected chi connectivity index (χ3v) is 14.6. The third kappa shape index (κ3) is 5.55. The topological polar surface area (TPSA) is 16.4 Å². The minimum Gasteiger partial charge on any atom is -0.456 e. The first kappa shape index (κ1) is 38.3. The highest BCUT2D eigenvalue weighted by atomic mass is 16.3. The normalized spacial score (nSPS) is 13.8. The second kappa shape index (κ2) is 14.7. The molecule has 1 aromatic heterocycles. The number of fused-ring (bicyclic) bond motifs is 9. The molecule has 0 unspecified atom stereocenters. The largest absolute Gasteiger partial charge is 0.456 e. The lowest BCUT2D eigenvalue weighted by Crippen LogP contribution is -2.28. The number of benzene rings is 10. The Kier molecular flexibility index (Phi) is 8.51. The van der Waals surface area contributed by atoms with Crippen molar-refractivity contribution >= 4 is 39.0 Å². The van der Waals surface area contributed by atoms with E-state index in [1.807, 2.05) is 12.1 Å². The van der Waals surface area contributed by atoms with Crippen LogP contribution in [0.5, 0.6) is 0 Å². The Balaban J connectivity index is 1.07. The van der Waals surface area contributed by atoms with Crippen LogP contribution in [0.15, 0.2) is 241 Å². The molecule has 312 valence electrons. The second-order valence-electron chi connectivity index (χ2n) is 18.4. The first-order valence-corrected chi connectivity index (χ1v) is 23.0. The summed E-state index contributed by atoms with van der Waals surface area (Å²) in [4.78, 5) is 2.49. The number of hydrogen-bond acceptors (Lipinski definition) is 2. The van der Waals surface area contributed by atoms with Crippen molar-refractivity contribution in [3.8, 4) is 44.5 Å². The van der Waals surface area contributed by atoms with Gasteiger partial charge in [-0.25, -0.2) is 0 Å². The maximum Gasteiger partial charge on any atom is 0.136 e. The van der Waals surface area contributed by atoms with Gasteiger partial charge in [-0.15, -0.1) is 0 Å². The Morgan fingerprint density at radius 2 is 0.924 bits per heavy atom. The molecule has 0 amide bonds. The van der Waals surface area contributed by atoms with Crippen molar-refractivity contribution in [1.82, 2.24) is 0 Å². The number of hydrogen-bond donors (Lipinski definition) is 0. The molecule has 66 heavy (non-hydrogen) atoms. The van der Waals surface area contributed by atoms with Crippen LogP contribution < -0.4 is 4.90 Å². The van der Waals surface area contributed by atoms with Gasteiger partial charge in [0.05, 0.1) is 11.1 Å². The van der Waals surface area contributed by atoms with Crippen molar-refractivity contribution in [1.29, 1.82) is 0 Å². The molecule has 1 heterocycles. The summed E-state index contributed by atoms with van der Waals surface area (Å²) in [5, 5.41) is 2.26. The van der Waals surface area contributed by atoms with Crippen molar-refractivity contribution in [2.45, 2.75) is 24.7 Å². The van der Waals surface area contributed by atoms with Gasteiger partial charge in [0.1, 0.15) is 11.2 Å². The summed E-state index contributed by atoms with van der Waals surface area (Å²) < 4.78 is 6.42. The highest BCUT2D eigenvalue weighted by Crippen LogP contribution is 2.58. The monoisotopic (exact) mass is 843 g/mol. The zero-order valence-electron chi connectivity index (χ0n) is 36.9. The van der Waals surface area contributed by atoms with Gasteiger partial charge in [-0.1, -0.05) is 202 Å². The van der Waals surface area contributed by atoms with Crippen LogP contribution in [0.25, 0.3) is 66.4 Å². The molecule has 0 radical (unpaired) electrons. The zero-order valence-corrected chi connectivity index (χ0v) is 36.9. The van der Waals surface area contributed by atoms with Crippen molar-refractivity contribution < 1.29 is 4.42 Å². The van der Waals surface area contributed by atoms with Gasteiger partial charge in [-0.3, -0.25) is 0 Å². The van der Waals surface area contributed by atoms with Crippen molar-refractivity contribution in [2.24, 2.45) is 0 Å². The van der Waals surface area contributed by atoms with E-state index in [4.69, 9.17) is 4.42 Å². The molecule has 10 aromatic carbocycles. The molecule has 13 rings (SSSR count). The van der Waals surface area contributed by atoms with Crippen LogP contribution in [0, 0.1) is 0 Å². The Hall–Kier alpha value is -8.20. The van der Waals surface area contributed by atoms with Gasteiger partial charge in [-0.2, -0.15) is 0 Å². The quantitative estimate of drug-likeness (QED) is 0.159. The fourth-order valence-electron chi connectivity index (χ4n) is 11.6. The van der Waals surface area contributed by atoms with Crippen molar-refractivity contribution in [2.75, 3.05) is 4.90 Å². The highest BCUT2D eigenvalue weighted by molar-refractivity contribution is 6.06. The first-order chi connectivity index (χ1) is 32.5. The van der Waals surface area contributed by atoms with Crippen LogP contribution >= 0.6 is 0 Å². The molecule has 0 atom stereocenters. The summed E-state index contributed by atoms with van der Waals surface area (Å²) >= 11 is 0. The molecule has 0 bridgehead atoms. The van der Waals surface area contributed by atoms with Crippen molar-refractivity contribution in [3.05, 3.63) is 270 Å². The third-order valence-electron chi connectivity index (χ3n) is 14.6. The second-order valence-corrected chi connectivity index (χ2v) is 18.4. The van der Waals surface area contributed by atoms with E-state index in [-0.39, 0.29) is 5.41 Å². The number of rotatable bonds is 7. The van der Waals surface area contributed by atoms with Crippen LogP contribution in [0.2, 0.25) is 0 Å². The predicted molar refractivity (Wildman–Crippen MR) is 274 cm³/mol. The maximum absolute atomic E-state index is 6.42. The summed E-state index contributed by atoms with van der Waals surface area (Å²) in [6.07, 6.45) is 0. The van der Waals surface area contributed by atoms with E-state index in [1.54, 1.807) is 0 Å². The minimum absolute atomic E-state index is 0.126. The van der Waals surface area contributed by atoms with E-state index in [2.05, 4.69) is 243 Å². The molecule has 0 fully saturated rings. The zero-order chi connectivity index (χ0) is 44.0. The van der Waals surface area contributed by atoms with Crippen LogP contribution in [0.1, 0.15) is 47.2 Å². The number of para-hydroxylation sites is 2. The minimum atomic E-state index is -0.547. The molecule has 2 nitrogen and oxygen atoms in total. The molecule has 0 saturated heterocycles. The lowest BCUT2D eigenvalue weighted by molar-refractivity contribution is 0.660. The molecular weight excluding hydrogens is 799 g/mol. The molecule has 2 aliphatic carbocycles. The predicted octanol–water partition coefficient (Wildman–Crippen LogP) is 17.1. The van der Waals surface area contributed by atoms with E-state index in [1.165, 1.54) is 66.8 Å². The van der Waals surface area contributed by atoms with E-state index in [0.717, 1.165) is 50.1 Å². The first-order valence-electron chi connectivity index (χ1n) is 23.0. The molecule has 2 heteroatoms. The number of nitrogens with zero attached hydrogens (tertiary/aromatic N) is 1. The van der Waals surface area contributed by atoms with Gasteiger partial charge in [0, 0.05) is 33.1 Å². The van der Waals surface area contributed by atoms with Gasteiger partial charge in [-0.05, 0) is 121 Å². The van der Waals surface area contributed by atoms with Crippen LogP contribution in [-0.4, -0.2) is 0 Å². The molecule has 2 aliphatic rings. The summed E-state index contributed by atoms with van der Waals surface area (Å²) in [7, 11) is 0. The molecule has 0 saturated carbocycles. The fourth-order valence-corrected chi connectivity index (χ4v) is 11.6. The lowest BCUT2D eigenvalue weighted by atomic mass is 9.67. The average Bonchev–Trinajstić information content (AvgIpc) is 3.98. The van der Waals surface area contributed by atoms with Gasteiger partial charge in [0.15, 0.2) is 0 Å². The van der Waals surface area contributed by atoms with E-state index >= 15 is 0 Å². The smallest absolute Gasteiger partial charge is 0.136 e. The van der Waals surface area contributed by atoms with E-state index in [9.17, 15) is 0 Å². The fraction of sp³-hybridized carbons (Fsp3) is 0.0625. The van der Waals surface area contributed by atoms with E-state index in [0.29, 0.717) is 0 Å². The van der Waals surface area contributed by atoms with Crippen molar-refractivity contribution in [3.63, 3.8) is 0 Å². The summed E-state index contributed by atoms with van der Waals surface area (Å²) in [6, 6.07) is 87.2. The number of anilines is 3. The summed E-state index contributed by atoms with van der Waals surface area (Å²) in [5.74, 6) is 0. The molecule has 11 aromatic rings. The van der Waals surface area contributed by atoms with Gasteiger partial charge in [0.2, 0.25) is 0 Å². The van der Waals surface area contributed by atoms with Crippen LogP contribution in [-0.2, 0) is 10.8 Å². The van der Waals surface area contributed by atoms with Crippen LogP contribution in [0.4, 0.5) is 17.1 Å². The van der Waals surface area contributed by atoms with Gasteiger partial charge < -0.3 is 9.32 Å². The standard InChI is InChI=1S/C64H45NO/c1-63(2)55-30-13-10-28-54(55)62-53(29-18-32-57(62)63)50-26-11-15-33-59(50)65(46-24-17-19-42(39-46)43-35-37-52-51-27-12-16-34-60(51)66-61(52)40-43)47-36-38-49-48-25-9-14-31-56(48)64(58(49)41-47,44-20-5-3-6-21-44)45-22-7-4-8-23-45/h3-41H,1-2H3. The molecule has 0 N–H and O–H groups in total. The van der Waals surface area contributed by atoms with Gasteiger partial charge in [0.25, 0.3) is 0 Å². The Morgan fingerprint density at radius 3 is 1.73 bits per heavy atom. The average molecular weight is 844 g/mol. The molecule has 0 spiro atoms. The highest BCUT2D eigenvalue weighted by Gasteiger charge is 2.46. The maximum atomic E-state index is 6.42. The van der Waals surface area contributed by atoms with Crippen LogP contribution in [0.3, 0.4) is 0 Å². The summed E-state index contributed by atoms with van der Waals surface area (Å²) in [5.41, 5.74) is 21.9. The van der Waals surface area contributed by atoms with Gasteiger partial charge >= 0.3 is 0 Å². The SMILES string of the molecule is CC1(C)c2ccccc2-c2c(-c3ccccc3N(c3cccc(-c4ccc5c(c4)oc4ccccc45)c3)c3ccc4c(c3)C(c3ccccc3)(c3ccccc3)c3ccccc3-4)cccc21. The Labute approximate surface area is 385 Å². The molecular formula is C64H45NO. The number of furan rings is 1. The molecule has 0 aliphatic heterocycles. The Bertz CT molecular complexity index is 3650. The lowest BCUT2D eigenvalue weighted by Gasteiger charge is -2.35. The van der Waals surface area contributed by atoms with E-state index < -0.39 is 5.41 Å². The Morgan fingerprint density at radius 1 is 0.348 bits per heavy atom. The summed E-state index contributed by atoms with van der Waals surface area (Å²) in [6.45, 7) is 4.73.